The Kier molecular flexibility index (Phi) is 10.7. The first-order chi connectivity index (χ1) is 17.0. The summed E-state index contributed by atoms with van der Waals surface area (Å²) in [5.41, 5.74) is 1.18. The summed E-state index contributed by atoms with van der Waals surface area (Å²) in [6.45, 7) is 7.50. The molecule has 1 aliphatic rings. The summed E-state index contributed by atoms with van der Waals surface area (Å²) in [5, 5.41) is 7.94. The molecule has 35 heavy (non-hydrogen) atoms. The molecule has 0 unspecified atom stereocenters. The van der Waals surface area contributed by atoms with E-state index >= 15 is 0 Å². The molecule has 1 atom stereocenters. The van der Waals surface area contributed by atoms with Gasteiger partial charge in [-0.3, -0.25) is 14.4 Å². The molecule has 2 heterocycles. The predicted molar refractivity (Wildman–Crippen MR) is 140 cm³/mol. The SMILES string of the molecule is CCCN(CC(=O)Nc1nc(CC(=O)NCCCN2CCCC[C@H]2C)cs1)C(=O)c1ccccc1. The monoisotopic (exact) mass is 499 g/mol. The highest BCUT2D eigenvalue weighted by Gasteiger charge is 2.19. The lowest BCUT2D eigenvalue weighted by atomic mass is 10.0. The third-order valence-corrected chi connectivity index (χ3v) is 6.97. The van der Waals surface area contributed by atoms with Gasteiger partial charge in [0.15, 0.2) is 5.13 Å². The molecule has 2 aromatic rings. The number of carbonyl (C=O) groups excluding carboxylic acids is 3. The zero-order valence-corrected chi connectivity index (χ0v) is 21.6. The van der Waals surface area contributed by atoms with Crippen LogP contribution in [0.4, 0.5) is 5.13 Å². The number of hydrogen-bond donors (Lipinski definition) is 2. The first kappa shape index (κ1) is 26.8. The summed E-state index contributed by atoms with van der Waals surface area (Å²) in [7, 11) is 0. The van der Waals surface area contributed by atoms with Gasteiger partial charge in [-0.05, 0) is 51.3 Å². The highest BCUT2D eigenvalue weighted by atomic mass is 32.1. The van der Waals surface area contributed by atoms with Gasteiger partial charge in [0.25, 0.3) is 5.91 Å². The molecule has 9 heteroatoms. The number of nitrogens with zero attached hydrogens (tertiary/aromatic N) is 3. The normalized spacial score (nSPS) is 16.0. The van der Waals surface area contributed by atoms with Gasteiger partial charge in [0.2, 0.25) is 11.8 Å². The average molecular weight is 500 g/mol. The van der Waals surface area contributed by atoms with Crippen molar-refractivity contribution in [1.82, 2.24) is 20.1 Å². The number of rotatable bonds is 12. The Balaban J connectivity index is 1.40. The van der Waals surface area contributed by atoms with E-state index in [-0.39, 0.29) is 30.7 Å². The number of carbonyl (C=O) groups is 3. The van der Waals surface area contributed by atoms with Gasteiger partial charge in [-0.1, -0.05) is 31.5 Å². The van der Waals surface area contributed by atoms with Crippen LogP contribution in [-0.4, -0.2) is 71.3 Å². The highest BCUT2D eigenvalue weighted by Crippen LogP contribution is 2.17. The Morgan fingerprint density at radius 3 is 2.71 bits per heavy atom. The molecule has 190 valence electrons. The number of aromatic nitrogens is 1. The van der Waals surface area contributed by atoms with E-state index in [1.165, 1.54) is 35.5 Å². The number of likely N-dealkylation sites (tertiary alicyclic amines) is 1. The van der Waals surface area contributed by atoms with Gasteiger partial charge in [-0.2, -0.15) is 0 Å². The third-order valence-electron chi connectivity index (χ3n) is 6.16. The van der Waals surface area contributed by atoms with Crippen LogP contribution in [0.25, 0.3) is 0 Å². The molecule has 1 saturated heterocycles. The van der Waals surface area contributed by atoms with Crippen LogP contribution in [0.1, 0.15) is 62.0 Å². The summed E-state index contributed by atoms with van der Waals surface area (Å²) in [6, 6.07) is 9.59. The van der Waals surface area contributed by atoms with E-state index in [9.17, 15) is 14.4 Å². The Bertz CT molecular complexity index is 965. The zero-order chi connectivity index (χ0) is 25.0. The fraction of sp³-hybridized carbons (Fsp3) is 0.538. The van der Waals surface area contributed by atoms with Gasteiger partial charge in [0, 0.05) is 36.6 Å². The predicted octanol–water partition coefficient (Wildman–Crippen LogP) is 3.56. The second-order valence-corrected chi connectivity index (χ2v) is 9.90. The van der Waals surface area contributed by atoms with Crippen molar-refractivity contribution in [1.29, 1.82) is 0 Å². The van der Waals surface area contributed by atoms with Crippen LogP contribution >= 0.6 is 11.3 Å². The summed E-state index contributed by atoms with van der Waals surface area (Å²) < 4.78 is 0. The molecule has 8 nitrogen and oxygen atoms in total. The third kappa shape index (κ3) is 8.74. The van der Waals surface area contributed by atoms with E-state index in [2.05, 4.69) is 27.4 Å². The van der Waals surface area contributed by atoms with Crippen molar-refractivity contribution in [3.05, 3.63) is 47.0 Å². The second-order valence-electron chi connectivity index (χ2n) is 9.05. The van der Waals surface area contributed by atoms with Crippen LogP contribution in [0.3, 0.4) is 0 Å². The molecule has 0 radical (unpaired) electrons. The largest absolute Gasteiger partial charge is 0.356 e. The van der Waals surface area contributed by atoms with Gasteiger partial charge in [0.1, 0.15) is 6.54 Å². The number of thiazole rings is 1. The molecule has 3 rings (SSSR count). The van der Waals surface area contributed by atoms with E-state index < -0.39 is 0 Å². The van der Waals surface area contributed by atoms with Crippen LogP contribution < -0.4 is 10.6 Å². The summed E-state index contributed by atoms with van der Waals surface area (Å²) in [6.07, 6.45) is 5.70. The quantitative estimate of drug-likeness (QED) is 0.436. The number of hydrogen-bond acceptors (Lipinski definition) is 6. The summed E-state index contributed by atoms with van der Waals surface area (Å²) >= 11 is 1.28. The van der Waals surface area contributed by atoms with Gasteiger partial charge >= 0.3 is 0 Å². The molecule has 2 N–H and O–H groups in total. The Morgan fingerprint density at radius 2 is 1.97 bits per heavy atom. The van der Waals surface area contributed by atoms with E-state index in [4.69, 9.17) is 0 Å². The fourth-order valence-corrected chi connectivity index (χ4v) is 5.02. The minimum atomic E-state index is -0.306. The van der Waals surface area contributed by atoms with Gasteiger partial charge in [0.05, 0.1) is 12.1 Å². The summed E-state index contributed by atoms with van der Waals surface area (Å²) in [4.78, 5) is 46.0. The van der Waals surface area contributed by atoms with Crippen LogP contribution in [0.2, 0.25) is 0 Å². The molecule has 1 aromatic heterocycles. The Labute approximate surface area is 212 Å². The van der Waals surface area contributed by atoms with Gasteiger partial charge in [-0.25, -0.2) is 4.98 Å². The minimum Gasteiger partial charge on any atom is -0.356 e. The molecule has 1 fully saturated rings. The van der Waals surface area contributed by atoms with Crippen molar-refractivity contribution in [3.8, 4) is 0 Å². The van der Waals surface area contributed by atoms with Crippen molar-refractivity contribution in [2.75, 3.05) is 38.0 Å². The molecule has 0 aliphatic carbocycles. The molecule has 1 aromatic carbocycles. The number of amides is 3. The number of benzene rings is 1. The zero-order valence-electron chi connectivity index (χ0n) is 20.8. The van der Waals surface area contributed by atoms with Crippen LogP contribution in [0, 0.1) is 0 Å². The lowest BCUT2D eigenvalue weighted by Gasteiger charge is -2.33. The van der Waals surface area contributed by atoms with E-state index in [0.29, 0.717) is 35.5 Å². The number of nitrogens with one attached hydrogen (secondary N) is 2. The van der Waals surface area contributed by atoms with Gasteiger partial charge in [-0.15, -0.1) is 11.3 Å². The van der Waals surface area contributed by atoms with E-state index in [1.54, 1.807) is 29.6 Å². The molecule has 0 spiro atoms. The molecular weight excluding hydrogens is 462 g/mol. The Hall–Kier alpha value is -2.78. The van der Waals surface area contributed by atoms with Crippen molar-refractivity contribution < 1.29 is 14.4 Å². The maximum absolute atomic E-state index is 12.7. The molecule has 0 saturated carbocycles. The number of anilines is 1. The van der Waals surface area contributed by atoms with E-state index in [1.807, 2.05) is 13.0 Å². The van der Waals surface area contributed by atoms with E-state index in [0.717, 1.165) is 25.9 Å². The maximum atomic E-state index is 12.7. The summed E-state index contributed by atoms with van der Waals surface area (Å²) in [5.74, 6) is -0.545. The highest BCUT2D eigenvalue weighted by molar-refractivity contribution is 7.13. The van der Waals surface area contributed by atoms with Crippen LogP contribution in [-0.2, 0) is 16.0 Å². The molecule has 0 bridgehead atoms. The maximum Gasteiger partial charge on any atom is 0.254 e. The molecule has 3 amide bonds. The van der Waals surface area contributed by atoms with Crippen molar-refractivity contribution in [2.24, 2.45) is 0 Å². The lowest BCUT2D eigenvalue weighted by molar-refractivity contribution is -0.120. The second kappa shape index (κ2) is 13.9. The van der Waals surface area contributed by atoms with Crippen LogP contribution in [0.5, 0.6) is 0 Å². The average Bonchev–Trinajstić information content (AvgIpc) is 3.29. The molecule has 1 aliphatic heterocycles. The standard InChI is InChI=1S/C26H37N5O3S/c1-3-14-31(25(34)21-11-5-4-6-12-21)18-24(33)29-26-28-22(19-35-26)17-23(32)27-13-9-16-30-15-8-7-10-20(30)2/h4-6,11-12,19-20H,3,7-10,13-18H2,1-2H3,(H,27,32)(H,28,29,33)/t20-/m1/s1. The molecular formula is C26H37N5O3S. The first-order valence-corrected chi connectivity index (χ1v) is 13.4. The smallest absolute Gasteiger partial charge is 0.254 e. The van der Waals surface area contributed by atoms with Gasteiger partial charge < -0.3 is 20.4 Å². The van der Waals surface area contributed by atoms with Crippen molar-refractivity contribution in [2.45, 2.75) is 58.4 Å². The topological polar surface area (TPSA) is 94.6 Å². The number of piperidine rings is 1. The fourth-order valence-electron chi connectivity index (χ4n) is 4.29. The van der Waals surface area contributed by atoms with Crippen molar-refractivity contribution in [3.63, 3.8) is 0 Å². The lowest BCUT2D eigenvalue weighted by Crippen LogP contribution is -2.39. The van der Waals surface area contributed by atoms with Crippen LogP contribution in [0.15, 0.2) is 35.7 Å². The minimum absolute atomic E-state index is 0.0490. The Morgan fingerprint density at radius 1 is 1.17 bits per heavy atom. The first-order valence-electron chi connectivity index (χ1n) is 12.6. The van der Waals surface area contributed by atoms with Crippen molar-refractivity contribution >= 4 is 34.2 Å².